The number of hydrogen-bond donors (Lipinski definition) is 2. The third-order valence-electron chi connectivity index (χ3n) is 5.96. The van der Waals surface area contributed by atoms with Gasteiger partial charge in [-0.2, -0.15) is 5.10 Å². The average Bonchev–Trinajstić information content (AvgIpc) is 3.61. The average molecular weight is 495 g/mol. The van der Waals surface area contributed by atoms with Crippen LogP contribution in [0.4, 0.5) is 15.8 Å². The minimum Gasteiger partial charge on any atom is -0.492 e. The minimum atomic E-state index is -0.405. The van der Waals surface area contributed by atoms with Crippen LogP contribution in [0.1, 0.15) is 36.3 Å². The topological polar surface area (TPSA) is 101 Å². The molecule has 2 N–H and O–H groups in total. The van der Waals surface area contributed by atoms with Gasteiger partial charge < -0.3 is 20.3 Å². The first kappa shape index (κ1) is 25.2. The number of carbonyl (C=O) groups excluding carboxylic acids is 2. The highest BCUT2D eigenvalue weighted by Crippen LogP contribution is 2.43. The summed E-state index contributed by atoms with van der Waals surface area (Å²) >= 11 is 0. The number of ether oxygens (including phenoxy) is 1. The molecule has 9 nitrogen and oxygen atoms in total. The van der Waals surface area contributed by atoms with Crippen LogP contribution in [-0.2, 0) is 16.1 Å². The lowest BCUT2D eigenvalue weighted by molar-refractivity contribution is -0.131. The number of nitrogens with zero attached hydrogens (tertiary/aromatic N) is 4. The Kier molecular flexibility index (Phi) is 8.14. The molecular formula is C26H31FN6O3. The van der Waals surface area contributed by atoms with Gasteiger partial charge in [-0.25, -0.2) is 4.39 Å². The van der Waals surface area contributed by atoms with E-state index in [4.69, 9.17) is 4.74 Å². The lowest BCUT2D eigenvalue weighted by Gasteiger charge is -2.17. The zero-order chi connectivity index (χ0) is 25.5. The second kappa shape index (κ2) is 11.7. The molecule has 1 aliphatic carbocycles. The predicted octanol–water partition coefficient (Wildman–Crippen LogP) is 3.58. The summed E-state index contributed by atoms with van der Waals surface area (Å²) in [4.78, 5) is 30.3. The molecule has 0 bridgehead atoms. The molecule has 1 saturated carbocycles. The van der Waals surface area contributed by atoms with E-state index in [1.807, 2.05) is 31.2 Å². The first-order chi connectivity index (χ1) is 17.4. The van der Waals surface area contributed by atoms with E-state index >= 15 is 0 Å². The molecule has 0 atom stereocenters. The summed E-state index contributed by atoms with van der Waals surface area (Å²) in [5.41, 5.74) is 2.95. The fourth-order valence-corrected chi connectivity index (χ4v) is 3.70. The first-order valence-electron chi connectivity index (χ1n) is 12.0. The van der Waals surface area contributed by atoms with Gasteiger partial charge in [-0.15, -0.1) is 0 Å². The fraction of sp³-hybridized carbons (Fsp3) is 0.385. The largest absolute Gasteiger partial charge is 0.492 e. The van der Waals surface area contributed by atoms with E-state index < -0.39 is 5.82 Å². The van der Waals surface area contributed by atoms with E-state index in [9.17, 15) is 14.0 Å². The van der Waals surface area contributed by atoms with Crippen molar-refractivity contribution in [2.24, 2.45) is 0 Å². The maximum Gasteiger partial charge on any atom is 0.244 e. The van der Waals surface area contributed by atoms with Crippen molar-refractivity contribution in [3.63, 3.8) is 0 Å². The number of anilines is 2. The molecule has 3 aromatic rings. The van der Waals surface area contributed by atoms with Gasteiger partial charge in [0.15, 0.2) is 5.82 Å². The van der Waals surface area contributed by atoms with Gasteiger partial charge in [0, 0.05) is 32.4 Å². The third kappa shape index (κ3) is 7.03. The van der Waals surface area contributed by atoms with Crippen LogP contribution in [0, 0.1) is 12.7 Å². The van der Waals surface area contributed by atoms with Gasteiger partial charge in [-0.3, -0.25) is 19.3 Å². The number of amides is 2. The van der Waals surface area contributed by atoms with E-state index in [1.165, 1.54) is 17.1 Å². The van der Waals surface area contributed by atoms with Gasteiger partial charge in [0.2, 0.25) is 11.8 Å². The molecule has 2 heterocycles. The first-order valence-corrected chi connectivity index (χ1v) is 12.0. The summed E-state index contributed by atoms with van der Waals surface area (Å²) in [6.07, 6.45) is 8.18. The highest BCUT2D eigenvalue weighted by atomic mass is 19.1. The predicted molar refractivity (Wildman–Crippen MR) is 134 cm³/mol. The Morgan fingerprint density at radius 2 is 1.97 bits per heavy atom. The molecule has 4 rings (SSSR count). The molecule has 36 heavy (non-hydrogen) atoms. The van der Waals surface area contributed by atoms with Gasteiger partial charge >= 0.3 is 0 Å². The van der Waals surface area contributed by atoms with E-state index in [0.717, 1.165) is 29.7 Å². The van der Waals surface area contributed by atoms with Crippen LogP contribution < -0.4 is 15.4 Å². The van der Waals surface area contributed by atoms with Crippen molar-refractivity contribution in [2.75, 3.05) is 37.4 Å². The zero-order valence-electron chi connectivity index (χ0n) is 20.5. The lowest BCUT2D eigenvalue weighted by atomic mass is 10.1. The van der Waals surface area contributed by atoms with Crippen molar-refractivity contribution in [3.05, 3.63) is 66.0 Å². The maximum atomic E-state index is 14.2. The Bertz CT molecular complexity index is 1190. The molecule has 0 aliphatic heterocycles. The standard InChI is InChI=1S/C26H31FN6O3/c1-18-3-7-21(8-4-18)36-12-11-32(2)25(35)17-33-16-20(13-30-33)31-24(34)9-10-29-26-22(19-5-6-19)14-28-15-23(26)27/h3-4,7-8,13-16,19H,5-6,9-12,17H2,1-2H3,(H,28,29)(H,31,34). The number of aromatic nitrogens is 3. The number of nitrogens with one attached hydrogen (secondary N) is 2. The van der Waals surface area contributed by atoms with Crippen molar-refractivity contribution in [1.82, 2.24) is 19.7 Å². The molecule has 1 fully saturated rings. The molecular weight excluding hydrogens is 463 g/mol. The number of hydrogen-bond acceptors (Lipinski definition) is 6. The number of likely N-dealkylation sites (N-methyl/N-ethyl adjacent to an activating group) is 1. The van der Waals surface area contributed by atoms with Crippen molar-refractivity contribution in [2.45, 2.75) is 38.6 Å². The van der Waals surface area contributed by atoms with E-state index in [2.05, 4.69) is 20.7 Å². The molecule has 10 heteroatoms. The van der Waals surface area contributed by atoms with Gasteiger partial charge in [-0.1, -0.05) is 17.7 Å². The van der Waals surface area contributed by atoms with Crippen molar-refractivity contribution < 1.29 is 18.7 Å². The van der Waals surface area contributed by atoms with E-state index in [1.54, 1.807) is 24.3 Å². The van der Waals surface area contributed by atoms with Crippen LogP contribution in [0.2, 0.25) is 0 Å². The number of rotatable bonds is 12. The smallest absolute Gasteiger partial charge is 0.244 e. The maximum absolute atomic E-state index is 14.2. The second-order valence-corrected chi connectivity index (χ2v) is 8.99. The Hall–Kier alpha value is -3.95. The van der Waals surface area contributed by atoms with Crippen molar-refractivity contribution >= 4 is 23.2 Å². The van der Waals surface area contributed by atoms with Crippen molar-refractivity contribution in [3.8, 4) is 5.75 Å². The van der Waals surface area contributed by atoms with Gasteiger partial charge in [0.25, 0.3) is 0 Å². The van der Waals surface area contributed by atoms with Crippen LogP contribution >= 0.6 is 0 Å². The van der Waals surface area contributed by atoms with Gasteiger partial charge in [0.1, 0.15) is 18.9 Å². The zero-order valence-corrected chi connectivity index (χ0v) is 20.5. The molecule has 0 spiro atoms. The van der Waals surface area contributed by atoms with Crippen LogP contribution in [-0.4, -0.2) is 58.2 Å². The molecule has 0 saturated heterocycles. The second-order valence-electron chi connectivity index (χ2n) is 8.99. The highest BCUT2D eigenvalue weighted by molar-refractivity contribution is 5.90. The van der Waals surface area contributed by atoms with E-state index in [0.29, 0.717) is 30.4 Å². The number of halogens is 1. The molecule has 1 aliphatic rings. The third-order valence-corrected chi connectivity index (χ3v) is 5.96. The number of benzene rings is 1. The highest BCUT2D eigenvalue weighted by Gasteiger charge is 2.27. The quantitative estimate of drug-likeness (QED) is 0.399. The van der Waals surface area contributed by atoms with Crippen LogP contribution in [0.3, 0.4) is 0 Å². The molecule has 0 radical (unpaired) electrons. The lowest BCUT2D eigenvalue weighted by Crippen LogP contribution is -2.33. The Morgan fingerprint density at radius 1 is 1.19 bits per heavy atom. The SMILES string of the molecule is Cc1ccc(OCCN(C)C(=O)Cn2cc(NC(=O)CCNc3c(F)cncc3C3CC3)cn2)cc1. The molecule has 2 amide bonds. The Balaban J connectivity index is 1.17. The number of pyridine rings is 1. The summed E-state index contributed by atoms with van der Waals surface area (Å²) < 4.78 is 21.3. The van der Waals surface area contributed by atoms with E-state index in [-0.39, 0.29) is 31.3 Å². The van der Waals surface area contributed by atoms with Crippen LogP contribution in [0.5, 0.6) is 5.75 Å². The molecule has 2 aromatic heterocycles. The monoisotopic (exact) mass is 494 g/mol. The summed E-state index contributed by atoms with van der Waals surface area (Å²) in [6.45, 7) is 3.16. The number of aryl methyl sites for hydroxylation is 1. The Labute approximate surface area is 209 Å². The Morgan fingerprint density at radius 3 is 2.72 bits per heavy atom. The molecule has 1 aromatic carbocycles. The minimum absolute atomic E-state index is 0.0454. The fourth-order valence-electron chi connectivity index (χ4n) is 3.70. The number of carbonyl (C=O) groups is 2. The van der Waals surface area contributed by atoms with Gasteiger partial charge in [0.05, 0.1) is 30.3 Å². The molecule has 0 unspecified atom stereocenters. The molecule has 190 valence electrons. The summed E-state index contributed by atoms with van der Waals surface area (Å²) in [6, 6.07) is 7.74. The van der Waals surface area contributed by atoms with Crippen LogP contribution in [0.15, 0.2) is 49.1 Å². The summed E-state index contributed by atoms with van der Waals surface area (Å²) in [5.74, 6) is 0.341. The van der Waals surface area contributed by atoms with Gasteiger partial charge in [-0.05, 0) is 43.4 Å². The summed E-state index contributed by atoms with van der Waals surface area (Å²) in [5, 5.41) is 9.95. The van der Waals surface area contributed by atoms with Crippen molar-refractivity contribution in [1.29, 1.82) is 0 Å². The summed E-state index contributed by atoms with van der Waals surface area (Å²) in [7, 11) is 1.71. The normalized spacial score (nSPS) is 12.8. The van der Waals surface area contributed by atoms with Crippen LogP contribution in [0.25, 0.3) is 0 Å².